The topological polar surface area (TPSA) is 38.3 Å². The third-order valence-corrected chi connectivity index (χ3v) is 4.50. The van der Waals surface area contributed by atoms with Gasteiger partial charge in [0.15, 0.2) is 0 Å². The summed E-state index contributed by atoms with van der Waals surface area (Å²) in [6.45, 7) is 0.603. The zero-order valence-corrected chi connectivity index (χ0v) is 13.9. The van der Waals surface area contributed by atoms with E-state index >= 15 is 0 Å². The zero-order chi connectivity index (χ0) is 15.2. The van der Waals surface area contributed by atoms with Crippen molar-refractivity contribution in [2.75, 3.05) is 12.4 Å². The van der Waals surface area contributed by atoms with Gasteiger partial charge < -0.3 is 10.1 Å². The van der Waals surface area contributed by atoms with Crippen molar-refractivity contribution in [2.24, 2.45) is 0 Å². The molecule has 1 N–H and O–H groups in total. The normalized spacial score (nSPS) is 10.2. The SMILES string of the molecule is COC(=O)Cc1ccccc1CNc1cccc(Cl)c1Br. The molecule has 0 bridgehead atoms. The monoisotopic (exact) mass is 367 g/mol. The first-order valence-electron chi connectivity index (χ1n) is 6.43. The van der Waals surface area contributed by atoms with Crippen LogP contribution in [0.4, 0.5) is 5.69 Å². The fraction of sp³-hybridized carbons (Fsp3) is 0.188. The van der Waals surface area contributed by atoms with Gasteiger partial charge in [0.05, 0.1) is 28.7 Å². The van der Waals surface area contributed by atoms with E-state index in [-0.39, 0.29) is 12.4 Å². The molecule has 0 aromatic heterocycles. The van der Waals surface area contributed by atoms with Gasteiger partial charge >= 0.3 is 5.97 Å². The van der Waals surface area contributed by atoms with Crippen LogP contribution in [0.3, 0.4) is 0 Å². The Hall–Kier alpha value is -1.52. The van der Waals surface area contributed by atoms with Crippen LogP contribution in [0.15, 0.2) is 46.9 Å². The Kier molecular flexibility index (Phi) is 5.65. The van der Waals surface area contributed by atoms with Crippen LogP contribution in [0, 0.1) is 0 Å². The van der Waals surface area contributed by atoms with Gasteiger partial charge in [-0.1, -0.05) is 41.9 Å². The highest BCUT2D eigenvalue weighted by molar-refractivity contribution is 9.10. The van der Waals surface area contributed by atoms with Gasteiger partial charge in [-0.05, 0) is 39.2 Å². The largest absolute Gasteiger partial charge is 0.469 e. The van der Waals surface area contributed by atoms with Gasteiger partial charge in [0.2, 0.25) is 0 Å². The molecule has 5 heteroatoms. The number of benzene rings is 2. The van der Waals surface area contributed by atoms with Crippen LogP contribution in [0.2, 0.25) is 5.02 Å². The molecule has 2 aromatic rings. The Morgan fingerprint density at radius 3 is 2.62 bits per heavy atom. The Labute approximate surface area is 137 Å². The van der Waals surface area contributed by atoms with Gasteiger partial charge in [-0.2, -0.15) is 0 Å². The van der Waals surface area contributed by atoms with Crippen LogP contribution in [0.25, 0.3) is 0 Å². The first-order chi connectivity index (χ1) is 10.1. The van der Waals surface area contributed by atoms with Gasteiger partial charge in [0.1, 0.15) is 0 Å². The maximum absolute atomic E-state index is 11.4. The predicted molar refractivity (Wildman–Crippen MR) is 88.6 cm³/mol. The van der Waals surface area contributed by atoms with E-state index in [2.05, 4.69) is 21.2 Å². The minimum absolute atomic E-state index is 0.244. The van der Waals surface area contributed by atoms with Gasteiger partial charge in [-0.15, -0.1) is 0 Å². The van der Waals surface area contributed by atoms with Gasteiger partial charge in [0, 0.05) is 6.54 Å². The van der Waals surface area contributed by atoms with E-state index in [1.807, 2.05) is 42.5 Å². The average Bonchev–Trinajstić information content (AvgIpc) is 2.50. The predicted octanol–water partition coefficient (Wildman–Crippen LogP) is 4.43. The van der Waals surface area contributed by atoms with Crippen molar-refractivity contribution in [3.63, 3.8) is 0 Å². The van der Waals surface area contributed by atoms with Crippen molar-refractivity contribution in [1.82, 2.24) is 0 Å². The quantitative estimate of drug-likeness (QED) is 0.793. The van der Waals surface area contributed by atoms with Crippen LogP contribution >= 0.6 is 27.5 Å². The third kappa shape index (κ3) is 4.22. The summed E-state index contributed by atoms with van der Waals surface area (Å²) in [6.07, 6.45) is 0.269. The number of rotatable bonds is 5. The Bertz CT molecular complexity index is 646. The lowest BCUT2D eigenvalue weighted by Crippen LogP contribution is -2.09. The lowest BCUT2D eigenvalue weighted by molar-refractivity contribution is -0.139. The Balaban J connectivity index is 2.13. The Morgan fingerprint density at radius 1 is 1.19 bits per heavy atom. The van der Waals surface area contributed by atoms with Crippen molar-refractivity contribution in [3.05, 3.63) is 63.1 Å². The molecule has 0 atom stereocenters. The number of carbonyl (C=O) groups is 1. The van der Waals surface area contributed by atoms with E-state index < -0.39 is 0 Å². The molecule has 0 aliphatic heterocycles. The number of anilines is 1. The first-order valence-corrected chi connectivity index (χ1v) is 7.60. The van der Waals surface area contributed by atoms with E-state index in [9.17, 15) is 4.79 Å². The maximum Gasteiger partial charge on any atom is 0.309 e. The van der Waals surface area contributed by atoms with Crippen LogP contribution < -0.4 is 5.32 Å². The molecule has 0 saturated heterocycles. The molecule has 0 aliphatic rings. The molecule has 0 saturated carbocycles. The second kappa shape index (κ2) is 7.48. The maximum atomic E-state index is 11.4. The third-order valence-electron chi connectivity index (χ3n) is 3.10. The van der Waals surface area contributed by atoms with Gasteiger partial charge in [-0.3, -0.25) is 4.79 Å². The molecular formula is C16H15BrClNO2. The fourth-order valence-electron chi connectivity index (χ4n) is 1.96. The fourth-order valence-corrected chi connectivity index (χ4v) is 2.54. The lowest BCUT2D eigenvalue weighted by Gasteiger charge is -2.12. The lowest BCUT2D eigenvalue weighted by atomic mass is 10.0. The second-order valence-electron chi connectivity index (χ2n) is 4.48. The zero-order valence-electron chi connectivity index (χ0n) is 11.5. The van der Waals surface area contributed by atoms with Crippen molar-refractivity contribution >= 4 is 39.2 Å². The summed E-state index contributed by atoms with van der Waals surface area (Å²) in [5.41, 5.74) is 2.92. The standard InChI is InChI=1S/C16H15BrClNO2/c1-21-15(20)9-11-5-2-3-6-12(11)10-19-14-8-4-7-13(18)16(14)17/h2-8,19H,9-10H2,1H3. The average molecular weight is 369 g/mol. The van der Waals surface area contributed by atoms with Crippen molar-refractivity contribution in [2.45, 2.75) is 13.0 Å². The molecule has 21 heavy (non-hydrogen) atoms. The number of hydrogen-bond donors (Lipinski definition) is 1. The molecule has 0 radical (unpaired) electrons. The summed E-state index contributed by atoms with van der Waals surface area (Å²) in [7, 11) is 1.40. The van der Waals surface area contributed by atoms with Gasteiger partial charge in [0.25, 0.3) is 0 Å². The molecule has 0 fully saturated rings. The minimum Gasteiger partial charge on any atom is -0.469 e. The highest BCUT2D eigenvalue weighted by Gasteiger charge is 2.09. The van der Waals surface area contributed by atoms with E-state index in [4.69, 9.17) is 16.3 Å². The summed E-state index contributed by atoms with van der Waals surface area (Å²) in [5.74, 6) is -0.244. The number of carbonyl (C=O) groups excluding carboxylic acids is 1. The number of ether oxygens (including phenoxy) is 1. The number of halogens is 2. The number of methoxy groups -OCH3 is 1. The molecule has 110 valence electrons. The smallest absolute Gasteiger partial charge is 0.309 e. The van der Waals surface area contributed by atoms with Crippen molar-refractivity contribution in [1.29, 1.82) is 0 Å². The summed E-state index contributed by atoms with van der Waals surface area (Å²) in [4.78, 5) is 11.4. The van der Waals surface area contributed by atoms with Crippen molar-refractivity contribution < 1.29 is 9.53 Å². The first kappa shape index (κ1) is 15.9. The van der Waals surface area contributed by atoms with E-state index in [0.29, 0.717) is 11.6 Å². The van der Waals surface area contributed by atoms with Crippen LogP contribution in [-0.2, 0) is 22.5 Å². The van der Waals surface area contributed by atoms with Crippen LogP contribution in [-0.4, -0.2) is 13.1 Å². The summed E-state index contributed by atoms with van der Waals surface area (Å²) < 4.78 is 5.55. The highest BCUT2D eigenvalue weighted by Crippen LogP contribution is 2.30. The molecule has 0 spiro atoms. The number of esters is 1. The summed E-state index contributed by atoms with van der Waals surface area (Å²) in [5, 5.41) is 3.97. The molecular weight excluding hydrogens is 354 g/mol. The Morgan fingerprint density at radius 2 is 1.90 bits per heavy atom. The molecule has 2 rings (SSSR count). The minimum atomic E-state index is -0.244. The summed E-state index contributed by atoms with van der Waals surface area (Å²) >= 11 is 9.52. The van der Waals surface area contributed by atoms with E-state index in [1.165, 1.54) is 7.11 Å². The molecule has 0 amide bonds. The second-order valence-corrected chi connectivity index (χ2v) is 5.68. The van der Waals surface area contributed by atoms with E-state index in [0.717, 1.165) is 21.3 Å². The number of nitrogens with one attached hydrogen (secondary N) is 1. The van der Waals surface area contributed by atoms with Crippen LogP contribution in [0.1, 0.15) is 11.1 Å². The number of hydrogen-bond acceptors (Lipinski definition) is 3. The van der Waals surface area contributed by atoms with Gasteiger partial charge in [-0.25, -0.2) is 0 Å². The van der Waals surface area contributed by atoms with Crippen molar-refractivity contribution in [3.8, 4) is 0 Å². The molecule has 3 nitrogen and oxygen atoms in total. The summed E-state index contributed by atoms with van der Waals surface area (Å²) in [6, 6.07) is 13.4. The molecule has 0 aliphatic carbocycles. The van der Waals surface area contributed by atoms with Crippen LogP contribution in [0.5, 0.6) is 0 Å². The molecule has 0 heterocycles. The molecule has 0 unspecified atom stereocenters. The molecule has 2 aromatic carbocycles. The highest BCUT2D eigenvalue weighted by atomic mass is 79.9. The van der Waals surface area contributed by atoms with E-state index in [1.54, 1.807) is 0 Å².